The monoisotopic (exact) mass is 404 g/mol. The summed E-state index contributed by atoms with van der Waals surface area (Å²) >= 11 is 3.38. The SMILES string of the molecule is OC(c1ccc(Br)cc1)c1ccc2c(c1)c(F)nn2C1CCCCO1. The highest BCUT2D eigenvalue weighted by Crippen LogP contribution is 2.31. The quantitative estimate of drug-likeness (QED) is 0.686. The third-order valence-corrected chi connectivity index (χ3v) is 5.14. The number of hydrogen-bond acceptors (Lipinski definition) is 3. The Morgan fingerprint density at radius 1 is 1.16 bits per heavy atom. The van der Waals surface area contributed by atoms with Crippen molar-refractivity contribution in [3.63, 3.8) is 0 Å². The van der Waals surface area contributed by atoms with Gasteiger partial charge in [0.15, 0.2) is 6.23 Å². The molecular weight excluding hydrogens is 387 g/mol. The van der Waals surface area contributed by atoms with Crippen molar-refractivity contribution >= 4 is 26.8 Å². The fourth-order valence-corrected chi connectivity index (χ4v) is 3.53. The van der Waals surface area contributed by atoms with Gasteiger partial charge < -0.3 is 9.84 Å². The van der Waals surface area contributed by atoms with Crippen molar-refractivity contribution in [3.05, 3.63) is 64.0 Å². The molecule has 0 spiro atoms. The zero-order chi connectivity index (χ0) is 17.4. The molecule has 0 amide bonds. The normalized spacial score (nSPS) is 19.2. The first kappa shape index (κ1) is 16.7. The molecule has 3 aromatic rings. The molecule has 0 bridgehead atoms. The van der Waals surface area contributed by atoms with Crippen LogP contribution in [0.5, 0.6) is 0 Å². The number of aromatic nitrogens is 2. The highest BCUT2D eigenvalue weighted by atomic mass is 79.9. The van der Waals surface area contributed by atoms with E-state index in [0.29, 0.717) is 23.1 Å². The minimum Gasteiger partial charge on any atom is -0.384 e. The molecule has 1 aliphatic rings. The lowest BCUT2D eigenvalue weighted by atomic mass is 10.0. The predicted molar refractivity (Wildman–Crippen MR) is 96.7 cm³/mol. The Bertz CT molecular complexity index is 888. The van der Waals surface area contributed by atoms with Crippen LogP contribution in [0.25, 0.3) is 10.9 Å². The topological polar surface area (TPSA) is 47.3 Å². The number of rotatable bonds is 3. The molecule has 0 saturated carbocycles. The van der Waals surface area contributed by atoms with Gasteiger partial charge in [-0.25, -0.2) is 4.68 Å². The number of hydrogen-bond donors (Lipinski definition) is 1. The van der Waals surface area contributed by atoms with Gasteiger partial charge in [0.25, 0.3) is 0 Å². The largest absolute Gasteiger partial charge is 0.384 e. The van der Waals surface area contributed by atoms with E-state index in [1.54, 1.807) is 16.8 Å². The van der Waals surface area contributed by atoms with Gasteiger partial charge in [-0.3, -0.25) is 0 Å². The molecule has 1 fully saturated rings. The summed E-state index contributed by atoms with van der Waals surface area (Å²) in [6.07, 6.45) is 1.88. The van der Waals surface area contributed by atoms with E-state index >= 15 is 0 Å². The van der Waals surface area contributed by atoms with Crippen molar-refractivity contribution in [2.75, 3.05) is 6.61 Å². The molecule has 2 atom stereocenters. The first-order chi connectivity index (χ1) is 12.1. The van der Waals surface area contributed by atoms with E-state index in [-0.39, 0.29) is 6.23 Å². The number of halogens is 2. The van der Waals surface area contributed by atoms with Crippen molar-refractivity contribution in [1.82, 2.24) is 9.78 Å². The van der Waals surface area contributed by atoms with Gasteiger partial charge in [-0.2, -0.15) is 4.39 Å². The van der Waals surface area contributed by atoms with Gasteiger partial charge in [0, 0.05) is 11.1 Å². The second-order valence-electron chi connectivity index (χ2n) is 6.29. The minimum absolute atomic E-state index is 0.219. The first-order valence-electron chi connectivity index (χ1n) is 8.36. The molecule has 4 nitrogen and oxygen atoms in total. The average Bonchev–Trinajstić information content (AvgIpc) is 2.99. The summed E-state index contributed by atoms with van der Waals surface area (Å²) in [6, 6.07) is 12.7. The van der Waals surface area contributed by atoms with Gasteiger partial charge in [0.2, 0.25) is 5.95 Å². The zero-order valence-corrected chi connectivity index (χ0v) is 15.1. The minimum atomic E-state index is -0.814. The van der Waals surface area contributed by atoms with Crippen molar-refractivity contribution < 1.29 is 14.2 Å². The summed E-state index contributed by atoms with van der Waals surface area (Å²) in [5.41, 5.74) is 2.08. The number of aliphatic hydroxyl groups is 1. The third kappa shape index (κ3) is 3.21. The zero-order valence-electron chi connectivity index (χ0n) is 13.5. The highest BCUT2D eigenvalue weighted by Gasteiger charge is 2.22. The molecule has 1 aliphatic heterocycles. The van der Waals surface area contributed by atoms with Crippen LogP contribution in [0.2, 0.25) is 0 Å². The van der Waals surface area contributed by atoms with Crippen molar-refractivity contribution in [1.29, 1.82) is 0 Å². The fraction of sp³-hybridized carbons (Fsp3) is 0.316. The van der Waals surface area contributed by atoms with Crippen LogP contribution in [-0.4, -0.2) is 21.5 Å². The van der Waals surface area contributed by atoms with Crippen LogP contribution in [0.4, 0.5) is 4.39 Å². The van der Waals surface area contributed by atoms with Crippen LogP contribution >= 0.6 is 15.9 Å². The van der Waals surface area contributed by atoms with Crippen molar-refractivity contribution in [2.45, 2.75) is 31.6 Å². The Morgan fingerprint density at radius 3 is 2.64 bits per heavy atom. The van der Waals surface area contributed by atoms with Gasteiger partial charge in [-0.1, -0.05) is 34.1 Å². The molecule has 1 N–H and O–H groups in total. The average molecular weight is 405 g/mol. The first-order valence-corrected chi connectivity index (χ1v) is 9.15. The van der Waals surface area contributed by atoms with E-state index in [4.69, 9.17) is 4.74 Å². The summed E-state index contributed by atoms with van der Waals surface area (Å²) in [5, 5.41) is 15.0. The maximum Gasteiger partial charge on any atom is 0.240 e. The molecule has 6 heteroatoms. The molecule has 2 unspecified atom stereocenters. The standard InChI is InChI=1S/C19H18BrFN2O2/c20-14-7-4-12(5-8-14)18(24)13-6-9-16-15(11-13)19(21)22-23(16)17-3-1-2-10-25-17/h4-9,11,17-18,24H,1-3,10H2. The van der Waals surface area contributed by atoms with E-state index in [2.05, 4.69) is 21.0 Å². The second-order valence-corrected chi connectivity index (χ2v) is 7.20. The van der Waals surface area contributed by atoms with Crippen LogP contribution in [0.1, 0.15) is 42.7 Å². The Kier molecular flexibility index (Phi) is 4.58. The molecule has 1 aromatic heterocycles. The summed E-state index contributed by atoms with van der Waals surface area (Å²) in [6.45, 7) is 0.675. The summed E-state index contributed by atoms with van der Waals surface area (Å²) in [7, 11) is 0. The molecule has 4 rings (SSSR count). The van der Waals surface area contributed by atoms with Crippen LogP contribution < -0.4 is 0 Å². The molecule has 130 valence electrons. The molecule has 25 heavy (non-hydrogen) atoms. The number of benzene rings is 2. The molecular formula is C19H18BrFN2O2. The summed E-state index contributed by atoms with van der Waals surface area (Å²) in [4.78, 5) is 0. The van der Waals surface area contributed by atoms with Gasteiger partial charge in [0.1, 0.15) is 6.10 Å². The Labute approximate surface area is 153 Å². The lowest BCUT2D eigenvalue weighted by Gasteiger charge is -2.23. The number of nitrogens with zero attached hydrogens (tertiary/aromatic N) is 2. The molecule has 2 heterocycles. The molecule has 0 aliphatic carbocycles. The van der Waals surface area contributed by atoms with E-state index in [1.165, 1.54) is 0 Å². The van der Waals surface area contributed by atoms with Crippen molar-refractivity contribution in [2.24, 2.45) is 0 Å². The maximum absolute atomic E-state index is 14.4. The van der Waals surface area contributed by atoms with Crippen LogP contribution in [0.15, 0.2) is 46.9 Å². The second kappa shape index (κ2) is 6.86. The van der Waals surface area contributed by atoms with E-state index in [9.17, 15) is 9.50 Å². The molecule has 0 radical (unpaired) electrons. The fourth-order valence-electron chi connectivity index (χ4n) is 3.26. The van der Waals surface area contributed by atoms with Gasteiger partial charge >= 0.3 is 0 Å². The summed E-state index contributed by atoms with van der Waals surface area (Å²) in [5.74, 6) is -0.533. The van der Waals surface area contributed by atoms with Gasteiger partial charge in [0.05, 0.1) is 10.9 Å². The van der Waals surface area contributed by atoms with Crippen LogP contribution in [0, 0.1) is 5.95 Å². The van der Waals surface area contributed by atoms with Gasteiger partial charge in [-0.05, 0) is 54.7 Å². The Balaban J connectivity index is 1.70. The Hall–Kier alpha value is -1.76. The van der Waals surface area contributed by atoms with E-state index in [1.807, 2.05) is 30.3 Å². The van der Waals surface area contributed by atoms with Crippen molar-refractivity contribution in [3.8, 4) is 0 Å². The van der Waals surface area contributed by atoms with E-state index in [0.717, 1.165) is 29.3 Å². The number of fused-ring (bicyclic) bond motifs is 1. The Morgan fingerprint density at radius 2 is 1.92 bits per heavy atom. The number of aliphatic hydroxyl groups excluding tert-OH is 1. The highest BCUT2D eigenvalue weighted by molar-refractivity contribution is 9.10. The number of ether oxygens (including phenoxy) is 1. The lowest BCUT2D eigenvalue weighted by molar-refractivity contribution is -0.0375. The van der Waals surface area contributed by atoms with Crippen LogP contribution in [0.3, 0.4) is 0 Å². The summed E-state index contributed by atoms with van der Waals surface area (Å²) < 4.78 is 22.7. The lowest BCUT2D eigenvalue weighted by Crippen LogP contribution is -2.19. The van der Waals surface area contributed by atoms with E-state index < -0.39 is 12.1 Å². The molecule has 2 aromatic carbocycles. The third-order valence-electron chi connectivity index (χ3n) is 4.62. The molecule has 1 saturated heterocycles. The van der Waals surface area contributed by atoms with Crippen LogP contribution in [-0.2, 0) is 4.74 Å². The predicted octanol–water partition coefficient (Wildman–Crippen LogP) is 4.72. The maximum atomic E-state index is 14.4. The smallest absolute Gasteiger partial charge is 0.240 e. The van der Waals surface area contributed by atoms with Gasteiger partial charge in [-0.15, -0.1) is 5.10 Å².